The van der Waals surface area contributed by atoms with Gasteiger partial charge in [0.15, 0.2) is 0 Å². The molecule has 0 unspecified atom stereocenters. The van der Waals surface area contributed by atoms with Crippen LogP contribution in [0.15, 0.2) is 54.6 Å². The molecule has 5 heteroatoms. The quantitative estimate of drug-likeness (QED) is 0.528. The van der Waals surface area contributed by atoms with Crippen LogP contribution in [0.5, 0.6) is 5.75 Å². The van der Waals surface area contributed by atoms with Crippen molar-refractivity contribution in [3.63, 3.8) is 0 Å². The van der Waals surface area contributed by atoms with Crippen molar-refractivity contribution in [3.05, 3.63) is 65.7 Å². The Balaban J connectivity index is 1.40. The van der Waals surface area contributed by atoms with Gasteiger partial charge in [0.25, 0.3) is 5.91 Å². The first kappa shape index (κ1) is 24.3. The van der Waals surface area contributed by atoms with Crippen LogP contribution in [-0.2, 0) is 6.42 Å². The Kier molecular flexibility index (Phi) is 9.57. The van der Waals surface area contributed by atoms with E-state index in [0.29, 0.717) is 0 Å². The topological polar surface area (TPSA) is 36.0 Å². The molecule has 0 aliphatic carbocycles. The lowest BCUT2D eigenvalue weighted by Gasteiger charge is -2.32. The molecular weight excluding hydrogens is 398 g/mol. The Hall–Kier alpha value is -2.37. The monoisotopic (exact) mass is 437 g/mol. The molecule has 0 N–H and O–H groups in total. The van der Waals surface area contributed by atoms with Gasteiger partial charge in [-0.05, 0) is 62.2 Å². The standard InChI is InChI=1S/C27H39N3O2/c1-4-29(5-2)22-21-28(3)27(31)24-11-13-25(14-12-24)32-26-16-19-30(20-17-26)18-15-23-9-7-6-8-10-23/h6-14,26H,4-5,15-22H2,1-3H3. The van der Waals surface area contributed by atoms with Gasteiger partial charge in [-0.15, -0.1) is 0 Å². The van der Waals surface area contributed by atoms with Crippen LogP contribution in [0.1, 0.15) is 42.6 Å². The van der Waals surface area contributed by atoms with E-state index in [2.05, 4.69) is 54.0 Å². The van der Waals surface area contributed by atoms with E-state index < -0.39 is 0 Å². The summed E-state index contributed by atoms with van der Waals surface area (Å²) in [6.45, 7) is 11.2. The minimum absolute atomic E-state index is 0.0652. The van der Waals surface area contributed by atoms with Crippen molar-refractivity contribution in [2.75, 3.05) is 52.9 Å². The van der Waals surface area contributed by atoms with E-state index in [4.69, 9.17) is 4.74 Å². The van der Waals surface area contributed by atoms with E-state index in [1.54, 1.807) is 4.90 Å². The molecular formula is C27H39N3O2. The first-order chi connectivity index (χ1) is 15.6. The van der Waals surface area contributed by atoms with Gasteiger partial charge in [0.2, 0.25) is 0 Å². The van der Waals surface area contributed by atoms with Crippen LogP contribution in [0, 0.1) is 0 Å². The highest BCUT2D eigenvalue weighted by atomic mass is 16.5. The fourth-order valence-corrected chi connectivity index (χ4v) is 4.20. The van der Waals surface area contributed by atoms with Crippen molar-refractivity contribution >= 4 is 5.91 Å². The summed E-state index contributed by atoms with van der Waals surface area (Å²) in [5, 5.41) is 0. The number of likely N-dealkylation sites (N-methyl/N-ethyl adjacent to an activating group) is 2. The highest BCUT2D eigenvalue weighted by Gasteiger charge is 2.20. The second kappa shape index (κ2) is 12.6. The molecule has 2 aromatic rings. The smallest absolute Gasteiger partial charge is 0.253 e. The minimum Gasteiger partial charge on any atom is -0.490 e. The number of nitrogens with zero attached hydrogens (tertiary/aromatic N) is 3. The zero-order valence-corrected chi connectivity index (χ0v) is 20.0. The lowest BCUT2D eigenvalue weighted by molar-refractivity contribution is 0.0779. The molecule has 0 saturated carbocycles. The van der Waals surface area contributed by atoms with E-state index in [1.165, 1.54) is 5.56 Å². The maximum absolute atomic E-state index is 12.7. The lowest BCUT2D eigenvalue weighted by Crippen LogP contribution is -2.39. The van der Waals surface area contributed by atoms with Gasteiger partial charge in [-0.25, -0.2) is 0 Å². The number of likely N-dealkylation sites (tertiary alicyclic amines) is 1. The van der Waals surface area contributed by atoms with E-state index in [-0.39, 0.29) is 12.0 Å². The second-order valence-corrected chi connectivity index (χ2v) is 8.67. The van der Waals surface area contributed by atoms with Crippen LogP contribution < -0.4 is 4.74 Å². The summed E-state index contributed by atoms with van der Waals surface area (Å²) >= 11 is 0. The average Bonchev–Trinajstić information content (AvgIpc) is 2.85. The first-order valence-corrected chi connectivity index (χ1v) is 12.1. The van der Waals surface area contributed by atoms with Crippen molar-refractivity contribution in [2.45, 2.75) is 39.2 Å². The fraction of sp³-hybridized carbons (Fsp3) is 0.519. The van der Waals surface area contributed by atoms with E-state index in [0.717, 1.165) is 76.4 Å². The van der Waals surface area contributed by atoms with Crippen molar-refractivity contribution in [1.82, 2.24) is 14.7 Å². The Morgan fingerprint density at radius 1 is 0.969 bits per heavy atom. The maximum Gasteiger partial charge on any atom is 0.253 e. The van der Waals surface area contributed by atoms with Gasteiger partial charge < -0.3 is 19.4 Å². The van der Waals surface area contributed by atoms with Crippen LogP contribution >= 0.6 is 0 Å². The zero-order valence-electron chi connectivity index (χ0n) is 20.0. The molecule has 0 atom stereocenters. The van der Waals surface area contributed by atoms with Crippen molar-refractivity contribution in [3.8, 4) is 5.75 Å². The van der Waals surface area contributed by atoms with Gasteiger partial charge in [-0.3, -0.25) is 4.79 Å². The summed E-state index contributed by atoms with van der Waals surface area (Å²) in [6, 6.07) is 18.3. The summed E-state index contributed by atoms with van der Waals surface area (Å²) < 4.78 is 6.21. The summed E-state index contributed by atoms with van der Waals surface area (Å²) in [7, 11) is 1.88. The third kappa shape index (κ3) is 7.35. The third-order valence-electron chi connectivity index (χ3n) is 6.49. The second-order valence-electron chi connectivity index (χ2n) is 8.67. The molecule has 1 fully saturated rings. The van der Waals surface area contributed by atoms with Crippen molar-refractivity contribution in [1.29, 1.82) is 0 Å². The summed E-state index contributed by atoms with van der Waals surface area (Å²) in [6.07, 6.45) is 3.44. The number of rotatable bonds is 11. The maximum atomic E-state index is 12.7. The third-order valence-corrected chi connectivity index (χ3v) is 6.49. The molecule has 0 aromatic heterocycles. The number of hydrogen-bond acceptors (Lipinski definition) is 4. The Morgan fingerprint density at radius 2 is 1.62 bits per heavy atom. The van der Waals surface area contributed by atoms with Gasteiger partial charge in [-0.1, -0.05) is 44.2 Å². The molecule has 1 saturated heterocycles. The van der Waals surface area contributed by atoms with E-state index in [9.17, 15) is 4.79 Å². The van der Waals surface area contributed by atoms with Crippen molar-refractivity contribution in [2.24, 2.45) is 0 Å². The summed E-state index contributed by atoms with van der Waals surface area (Å²) in [5.41, 5.74) is 2.12. The number of benzene rings is 2. The largest absolute Gasteiger partial charge is 0.490 e. The molecule has 0 bridgehead atoms. The SMILES string of the molecule is CCN(CC)CCN(C)C(=O)c1ccc(OC2CCN(CCc3ccccc3)CC2)cc1. The van der Waals surface area contributed by atoms with Crippen LogP contribution in [-0.4, -0.2) is 79.6 Å². The molecule has 0 spiro atoms. The highest BCUT2D eigenvalue weighted by Crippen LogP contribution is 2.20. The van der Waals surface area contributed by atoms with Crippen LogP contribution in [0.4, 0.5) is 0 Å². The predicted octanol–water partition coefficient (Wildman–Crippen LogP) is 4.19. The number of amides is 1. The van der Waals surface area contributed by atoms with Crippen molar-refractivity contribution < 1.29 is 9.53 Å². The Morgan fingerprint density at radius 3 is 2.25 bits per heavy atom. The molecule has 1 aliphatic rings. The molecule has 3 rings (SSSR count). The zero-order chi connectivity index (χ0) is 22.8. The first-order valence-electron chi connectivity index (χ1n) is 12.1. The fourth-order valence-electron chi connectivity index (χ4n) is 4.20. The van der Waals surface area contributed by atoms with Gasteiger partial charge >= 0.3 is 0 Å². The molecule has 1 amide bonds. The molecule has 32 heavy (non-hydrogen) atoms. The summed E-state index contributed by atoms with van der Waals surface area (Å²) in [5.74, 6) is 0.922. The van der Waals surface area contributed by atoms with Crippen LogP contribution in [0.3, 0.4) is 0 Å². The van der Waals surface area contributed by atoms with Gasteiger partial charge in [0.1, 0.15) is 11.9 Å². The minimum atomic E-state index is 0.0652. The lowest BCUT2D eigenvalue weighted by atomic mass is 10.1. The van der Waals surface area contributed by atoms with Crippen LogP contribution in [0.25, 0.3) is 0 Å². The number of ether oxygens (including phenoxy) is 1. The van der Waals surface area contributed by atoms with Gasteiger partial charge in [-0.2, -0.15) is 0 Å². The molecule has 1 aliphatic heterocycles. The number of carbonyl (C=O) groups excluding carboxylic acids is 1. The predicted molar refractivity (Wildman–Crippen MR) is 131 cm³/mol. The molecule has 2 aromatic carbocycles. The van der Waals surface area contributed by atoms with E-state index >= 15 is 0 Å². The summed E-state index contributed by atoms with van der Waals surface area (Å²) in [4.78, 5) is 19.4. The number of hydrogen-bond donors (Lipinski definition) is 0. The van der Waals surface area contributed by atoms with Gasteiger partial charge in [0.05, 0.1) is 0 Å². The molecule has 1 heterocycles. The van der Waals surface area contributed by atoms with Crippen LogP contribution in [0.2, 0.25) is 0 Å². The Labute approximate surface area is 194 Å². The van der Waals surface area contributed by atoms with Gasteiger partial charge in [0, 0.05) is 45.3 Å². The molecule has 5 nitrogen and oxygen atoms in total. The molecule has 174 valence electrons. The highest BCUT2D eigenvalue weighted by molar-refractivity contribution is 5.94. The molecule has 0 radical (unpaired) electrons. The average molecular weight is 438 g/mol. The number of piperidine rings is 1. The Bertz CT molecular complexity index is 797. The normalized spacial score (nSPS) is 15.1. The van der Waals surface area contributed by atoms with E-state index in [1.807, 2.05) is 31.3 Å². The number of carbonyl (C=O) groups is 1.